The zero-order valence-corrected chi connectivity index (χ0v) is 15.6. The third-order valence-electron chi connectivity index (χ3n) is 4.59. The fraction of sp³-hybridized carbons (Fsp3) is 0.611. The highest BCUT2D eigenvalue weighted by atomic mass is 32.2. The van der Waals surface area contributed by atoms with E-state index in [9.17, 15) is 8.42 Å². The average molecular weight is 365 g/mol. The van der Waals surface area contributed by atoms with Crippen LogP contribution in [0.3, 0.4) is 0 Å². The van der Waals surface area contributed by atoms with Crippen LogP contribution in [-0.4, -0.2) is 33.0 Å². The first-order valence-electron chi connectivity index (χ1n) is 9.23. The second kappa shape index (κ2) is 8.19. The van der Waals surface area contributed by atoms with Crippen molar-refractivity contribution in [2.45, 2.75) is 69.0 Å². The van der Waals surface area contributed by atoms with Crippen LogP contribution >= 0.6 is 0 Å². The van der Waals surface area contributed by atoms with Crippen LogP contribution in [0.1, 0.15) is 51.0 Å². The molecule has 0 heterocycles. The van der Waals surface area contributed by atoms with Crippen molar-refractivity contribution in [1.29, 1.82) is 0 Å². The van der Waals surface area contributed by atoms with Gasteiger partial charge in [-0.2, -0.15) is 0 Å². The summed E-state index contributed by atoms with van der Waals surface area (Å²) >= 11 is 0. The average Bonchev–Trinajstić information content (AvgIpc) is 3.24. The Bertz CT molecular complexity index is 690. The molecule has 0 radical (unpaired) electrons. The van der Waals surface area contributed by atoms with Gasteiger partial charge in [-0.15, -0.1) is 0 Å². The minimum Gasteiger partial charge on any atom is -0.357 e. The van der Waals surface area contributed by atoms with Crippen molar-refractivity contribution in [2.24, 2.45) is 4.99 Å². The Labute approximate surface area is 150 Å². The van der Waals surface area contributed by atoms with Gasteiger partial charge in [0.1, 0.15) is 0 Å². The monoisotopic (exact) mass is 364 g/mol. The van der Waals surface area contributed by atoms with Gasteiger partial charge in [-0.25, -0.2) is 18.1 Å². The fourth-order valence-electron chi connectivity index (χ4n) is 3.02. The number of hydrogen-bond acceptors (Lipinski definition) is 3. The first-order valence-corrected chi connectivity index (χ1v) is 10.7. The second-order valence-electron chi connectivity index (χ2n) is 6.86. The summed E-state index contributed by atoms with van der Waals surface area (Å²) in [5.74, 6) is 0.835. The Kier molecular flexibility index (Phi) is 5.96. The predicted molar refractivity (Wildman–Crippen MR) is 100.0 cm³/mol. The van der Waals surface area contributed by atoms with Gasteiger partial charge < -0.3 is 10.6 Å². The van der Waals surface area contributed by atoms with Gasteiger partial charge in [-0.1, -0.05) is 25.0 Å². The summed E-state index contributed by atoms with van der Waals surface area (Å²) in [6, 6.07) is 7.63. The lowest BCUT2D eigenvalue weighted by molar-refractivity contribution is 0.581. The topological polar surface area (TPSA) is 82.6 Å². The maximum atomic E-state index is 12.2. The molecule has 2 saturated carbocycles. The third kappa shape index (κ3) is 5.44. The quantitative estimate of drug-likeness (QED) is 0.511. The Morgan fingerprint density at radius 1 is 1.08 bits per heavy atom. The van der Waals surface area contributed by atoms with Crippen molar-refractivity contribution in [2.75, 3.05) is 6.54 Å². The van der Waals surface area contributed by atoms with E-state index in [2.05, 4.69) is 27.3 Å². The number of nitrogens with one attached hydrogen (secondary N) is 3. The molecule has 2 aliphatic carbocycles. The molecule has 1 aromatic carbocycles. The van der Waals surface area contributed by atoms with Crippen LogP contribution in [0.25, 0.3) is 0 Å². The molecule has 1 aromatic rings. The predicted octanol–water partition coefficient (Wildman–Crippen LogP) is 2.12. The van der Waals surface area contributed by atoms with Crippen LogP contribution in [0.2, 0.25) is 0 Å². The van der Waals surface area contributed by atoms with Crippen molar-refractivity contribution in [3.05, 3.63) is 29.8 Å². The van der Waals surface area contributed by atoms with Crippen LogP contribution in [0.4, 0.5) is 0 Å². The van der Waals surface area contributed by atoms with Crippen molar-refractivity contribution >= 4 is 16.0 Å². The number of nitrogens with zero attached hydrogens (tertiary/aromatic N) is 1. The van der Waals surface area contributed by atoms with E-state index in [0.29, 0.717) is 17.5 Å². The first-order chi connectivity index (χ1) is 12.1. The summed E-state index contributed by atoms with van der Waals surface area (Å²) in [6.45, 7) is 3.40. The molecule has 0 unspecified atom stereocenters. The molecule has 3 rings (SSSR count). The number of hydrogen-bond donors (Lipinski definition) is 3. The summed E-state index contributed by atoms with van der Waals surface area (Å²) in [4.78, 5) is 4.95. The van der Waals surface area contributed by atoms with Crippen LogP contribution in [0.15, 0.2) is 34.2 Å². The van der Waals surface area contributed by atoms with Gasteiger partial charge >= 0.3 is 0 Å². The zero-order valence-electron chi connectivity index (χ0n) is 14.8. The molecule has 0 bridgehead atoms. The highest BCUT2D eigenvalue weighted by Gasteiger charge is 2.27. The number of aliphatic imine (C=N–C) groups is 1. The molecular formula is C18H28N4O2S. The van der Waals surface area contributed by atoms with Crippen molar-refractivity contribution in [1.82, 2.24) is 15.4 Å². The van der Waals surface area contributed by atoms with E-state index in [0.717, 1.165) is 30.9 Å². The molecule has 0 spiro atoms. The van der Waals surface area contributed by atoms with Gasteiger partial charge in [-0.05, 0) is 50.3 Å². The number of sulfonamides is 1. The van der Waals surface area contributed by atoms with Crippen molar-refractivity contribution in [3.63, 3.8) is 0 Å². The number of rotatable bonds is 7. The van der Waals surface area contributed by atoms with E-state index < -0.39 is 10.0 Å². The third-order valence-corrected chi connectivity index (χ3v) is 6.13. The van der Waals surface area contributed by atoms with E-state index in [4.69, 9.17) is 0 Å². The van der Waals surface area contributed by atoms with Gasteiger partial charge in [0.15, 0.2) is 5.96 Å². The zero-order chi connectivity index (χ0) is 17.7. The highest BCUT2D eigenvalue weighted by molar-refractivity contribution is 7.89. The van der Waals surface area contributed by atoms with Gasteiger partial charge in [0.2, 0.25) is 10.0 Å². The van der Waals surface area contributed by atoms with Gasteiger partial charge in [-0.3, -0.25) is 0 Å². The van der Waals surface area contributed by atoms with Crippen LogP contribution in [0, 0.1) is 0 Å². The Hall–Kier alpha value is -1.60. The van der Waals surface area contributed by atoms with Crippen LogP contribution < -0.4 is 15.4 Å². The normalized spacial score (nSPS) is 19.2. The molecule has 25 heavy (non-hydrogen) atoms. The maximum absolute atomic E-state index is 12.2. The lowest BCUT2D eigenvalue weighted by Gasteiger charge is -2.16. The minimum absolute atomic E-state index is 0.124. The number of benzene rings is 1. The molecule has 2 aliphatic rings. The number of guanidine groups is 1. The summed E-state index contributed by atoms with van der Waals surface area (Å²) < 4.78 is 27.1. The molecule has 6 nitrogen and oxygen atoms in total. The molecule has 138 valence electrons. The minimum atomic E-state index is -3.38. The van der Waals surface area contributed by atoms with Gasteiger partial charge in [0.05, 0.1) is 11.4 Å². The summed E-state index contributed by atoms with van der Waals surface area (Å²) in [5.41, 5.74) is 0.994. The van der Waals surface area contributed by atoms with Crippen molar-refractivity contribution in [3.8, 4) is 0 Å². The lowest BCUT2D eigenvalue weighted by atomic mass is 10.2. The fourth-order valence-corrected chi connectivity index (χ4v) is 4.32. The summed E-state index contributed by atoms with van der Waals surface area (Å²) in [7, 11) is -3.38. The largest absolute Gasteiger partial charge is 0.357 e. The Morgan fingerprint density at radius 2 is 1.76 bits per heavy atom. The van der Waals surface area contributed by atoms with Gasteiger partial charge in [0.25, 0.3) is 0 Å². The summed E-state index contributed by atoms with van der Waals surface area (Å²) in [6.07, 6.45) is 6.83. The molecule has 7 heteroatoms. The molecule has 0 saturated heterocycles. The van der Waals surface area contributed by atoms with Crippen LogP contribution in [0.5, 0.6) is 0 Å². The molecular weight excluding hydrogens is 336 g/mol. The summed E-state index contributed by atoms with van der Waals surface area (Å²) in [5, 5.41) is 6.76. The molecule has 0 amide bonds. The van der Waals surface area contributed by atoms with E-state index in [1.165, 1.54) is 25.7 Å². The molecule has 0 aliphatic heterocycles. The SMILES string of the molecule is CCNC(=NCc1ccc(S(=O)(=O)NC2CC2)cc1)NC1CCCC1. The second-order valence-corrected chi connectivity index (χ2v) is 8.57. The van der Waals surface area contributed by atoms with Gasteiger partial charge in [0, 0.05) is 18.6 Å². The molecule has 2 fully saturated rings. The van der Waals surface area contributed by atoms with Crippen molar-refractivity contribution < 1.29 is 8.42 Å². The maximum Gasteiger partial charge on any atom is 0.240 e. The molecule has 0 aromatic heterocycles. The Morgan fingerprint density at radius 3 is 2.36 bits per heavy atom. The van der Waals surface area contributed by atoms with E-state index >= 15 is 0 Å². The van der Waals surface area contributed by atoms with E-state index in [1.807, 2.05) is 12.1 Å². The van der Waals surface area contributed by atoms with E-state index in [-0.39, 0.29) is 6.04 Å². The standard InChI is InChI=1S/C18H28N4O2S/c1-2-19-18(21-15-5-3-4-6-15)20-13-14-7-11-17(12-8-14)25(23,24)22-16-9-10-16/h7-8,11-12,15-16,22H,2-6,9-10,13H2,1H3,(H2,19,20,21). The molecule has 3 N–H and O–H groups in total. The smallest absolute Gasteiger partial charge is 0.240 e. The lowest BCUT2D eigenvalue weighted by Crippen LogP contribution is -2.42. The molecule has 0 atom stereocenters. The first kappa shape index (κ1) is 18.2. The van der Waals surface area contributed by atoms with E-state index in [1.54, 1.807) is 12.1 Å². The Balaban J connectivity index is 1.60. The van der Waals surface area contributed by atoms with Crippen LogP contribution in [-0.2, 0) is 16.6 Å². The highest BCUT2D eigenvalue weighted by Crippen LogP contribution is 2.22.